The molecule has 0 radical (unpaired) electrons. The zero-order valence-electron chi connectivity index (χ0n) is 14.4. The molecule has 3 heteroatoms. The number of nitrogens with zero attached hydrogens (tertiary/aromatic N) is 1. The molecule has 2 aliphatic rings. The Kier molecular flexibility index (Phi) is 4.39. The predicted molar refractivity (Wildman–Crippen MR) is 98.7 cm³/mol. The first-order valence-electron chi connectivity index (χ1n) is 9.16. The number of ether oxygens (including phenoxy) is 1. The normalized spacial score (nSPS) is 21.0. The number of benzene rings is 2. The second kappa shape index (κ2) is 6.83. The maximum Gasteiger partial charge on any atom is 0.312 e. The van der Waals surface area contributed by atoms with Crippen LogP contribution in [-0.2, 0) is 9.53 Å². The summed E-state index contributed by atoms with van der Waals surface area (Å²) < 4.78 is 5.81. The van der Waals surface area contributed by atoms with E-state index in [2.05, 4.69) is 24.3 Å². The van der Waals surface area contributed by atoms with Crippen LogP contribution in [0.25, 0.3) is 0 Å². The number of hydrogen-bond acceptors (Lipinski definition) is 3. The molecule has 2 aromatic rings. The second-order valence-electron chi connectivity index (χ2n) is 7.01. The van der Waals surface area contributed by atoms with Gasteiger partial charge in [-0.05, 0) is 36.8 Å². The van der Waals surface area contributed by atoms with Crippen LogP contribution in [0.15, 0.2) is 65.7 Å². The van der Waals surface area contributed by atoms with Gasteiger partial charge in [0.05, 0.1) is 12.1 Å². The van der Waals surface area contributed by atoms with Gasteiger partial charge in [-0.2, -0.15) is 0 Å². The van der Waals surface area contributed by atoms with E-state index in [1.165, 1.54) is 6.42 Å². The van der Waals surface area contributed by atoms with Crippen LogP contribution in [0.1, 0.15) is 55.7 Å². The van der Waals surface area contributed by atoms with E-state index >= 15 is 0 Å². The predicted octanol–water partition coefficient (Wildman–Crippen LogP) is 4.87. The molecule has 1 aliphatic carbocycles. The van der Waals surface area contributed by atoms with Gasteiger partial charge in [0.1, 0.15) is 6.04 Å². The molecular weight excluding hydrogens is 310 g/mol. The molecule has 1 saturated heterocycles. The lowest BCUT2D eigenvalue weighted by Gasteiger charge is -2.32. The fourth-order valence-corrected chi connectivity index (χ4v) is 4.06. The van der Waals surface area contributed by atoms with Crippen LogP contribution >= 0.6 is 0 Å². The molecule has 0 aromatic heterocycles. The number of hydrogen-bond donors (Lipinski definition) is 0. The SMILES string of the molecule is O=C1CC(=NC(c2ccccc2)c2ccccc2)C2(CCCCC2)O1. The van der Waals surface area contributed by atoms with Gasteiger partial charge in [-0.1, -0.05) is 67.1 Å². The van der Waals surface area contributed by atoms with E-state index in [-0.39, 0.29) is 12.0 Å². The summed E-state index contributed by atoms with van der Waals surface area (Å²) in [6, 6.07) is 20.5. The van der Waals surface area contributed by atoms with Gasteiger partial charge in [-0.15, -0.1) is 0 Å². The Hall–Kier alpha value is -2.42. The molecule has 1 aliphatic heterocycles. The third kappa shape index (κ3) is 3.23. The quantitative estimate of drug-likeness (QED) is 0.752. The van der Waals surface area contributed by atoms with E-state index in [1.807, 2.05) is 36.4 Å². The van der Waals surface area contributed by atoms with Crippen molar-refractivity contribution in [3.63, 3.8) is 0 Å². The maximum atomic E-state index is 12.1. The Morgan fingerprint density at radius 2 is 1.40 bits per heavy atom. The Balaban J connectivity index is 1.77. The van der Waals surface area contributed by atoms with Gasteiger partial charge in [-0.25, -0.2) is 0 Å². The van der Waals surface area contributed by atoms with Crippen molar-refractivity contribution in [2.45, 2.75) is 50.2 Å². The van der Waals surface area contributed by atoms with E-state index in [0.29, 0.717) is 6.42 Å². The Labute approximate surface area is 148 Å². The highest BCUT2D eigenvalue weighted by Crippen LogP contribution is 2.40. The number of carbonyl (C=O) groups excluding carboxylic acids is 1. The molecule has 128 valence electrons. The molecule has 3 nitrogen and oxygen atoms in total. The summed E-state index contributed by atoms with van der Waals surface area (Å²) in [4.78, 5) is 17.2. The van der Waals surface area contributed by atoms with Crippen molar-refractivity contribution in [1.82, 2.24) is 0 Å². The largest absolute Gasteiger partial charge is 0.453 e. The highest BCUT2D eigenvalue weighted by molar-refractivity contribution is 6.09. The molecular formula is C22H23NO2. The molecule has 2 fully saturated rings. The average molecular weight is 333 g/mol. The van der Waals surface area contributed by atoms with Crippen molar-refractivity contribution in [1.29, 1.82) is 0 Å². The van der Waals surface area contributed by atoms with Crippen molar-refractivity contribution in [3.05, 3.63) is 71.8 Å². The topological polar surface area (TPSA) is 38.7 Å². The minimum absolute atomic E-state index is 0.0919. The van der Waals surface area contributed by atoms with Gasteiger partial charge >= 0.3 is 5.97 Å². The van der Waals surface area contributed by atoms with Crippen LogP contribution in [-0.4, -0.2) is 17.3 Å². The van der Waals surface area contributed by atoms with E-state index in [4.69, 9.17) is 9.73 Å². The molecule has 1 heterocycles. The molecule has 1 spiro atoms. The minimum Gasteiger partial charge on any atom is -0.453 e. The average Bonchev–Trinajstić information content (AvgIpc) is 2.96. The number of carbonyl (C=O) groups is 1. The molecule has 0 amide bonds. The molecule has 0 unspecified atom stereocenters. The van der Waals surface area contributed by atoms with Gasteiger partial charge in [0.15, 0.2) is 5.60 Å². The van der Waals surface area contributed by atoms with Gasteiger partial charge in [0.25, 0.3) is 0 Å². The molecule has 0 N–H and O–H groups in total. The summed E-state index contributed by atoms with van der Waals surface area (Å²) in [7, 11) is 0. The first kappa shape index (κ1) is 16.1. The molecule has 0 bridgehead atoms. The highest BCUT2D eigenvalue weighted by Gasteiger charge is 2.47. The highest BCUT2D eigenvalue weighted by atomic mass is 16.6. The standard InChI is InChI=1S/C22H23NO2/c24-20-16-19(22(25-20)14-8-3-9-15-22)23-21(17-10-4-1-5-11-17)18-12-6-2-7-13-18/h1-2,4-7,10-13,21H,3,8-9,14-16H2. The van der Waals surface area contributed by atoms with Gasteiger partial charge in [0, 0.05) is 0 Å². The molecule has 0 atom stereocenters. The number of esters is 1. The van der Waals surface area contributed by atoms with Crippen LogP contribution < -0.4 is 0 Å². The fourth-order valence-electron chi connectivity index (χ4n) is 4.06. The Morgan fingerprint density at radius 1 is 0.840 bits per heavy atom. The number of rotatable bonds is 3. The van der Waals surface area contributed by atoms with Crippen molar-refractivity contribution in [2.24, 2.45) is 4.99 Å². The molecule has 1 saturated carbocycles. The summed E-state index contributed by atoms with van der Waals surface area (Å²) in [5.74, 6) is -0.125. The van der Waals surface area contributed by atoms with Crippen molar-refractivity contribution < 1.29 is 9.53 Å². The lowest BCUT2D eigenvalue weighted by molar-refractivity contribution is -0.148. The van der Waals surface area contributed by atoms with Gasteiger partial charge in [-0.3, -0.25) is 9.79 Å². The monoisotopic (exact) mass is 333 g/mol. The summed E-state index contributed by atoms with van der Waals surface area (Å²) in [6.07, 6.45) is 5.58. The first-order valence-corrected chi connectivity index (χ1v) is 9.16. The Bertz CT molecular complexity index is 722. The molecule has 2 aromatic carbocycles. The van der Waals surface area contributed by atoms with Crippen LogP contribution in [0.4, 0.5) is 0 Å². The van der Waals surface area contributed by atoms with E-state index in [0.717, 1.165) is 42.5 Å². The number of aliphatic imine (C=N–C) groups is 1. The second-order valence-corrected chi connectivity index (χ2v) is 7.01. The third-order valence-corrected chi connectivity index (χ3v) is 5.32. The third-order valence-electron chi connectivity index (χ3n) is 5.32. The van der Waals surface area contributed by atoms with E-state index < -0.39 is 5.60 Å². The summed E-state index contributed by atoms with van der Waals surface area (Å²) in [5.41, 5.74) is 2.78. The molecule has 25 heavy (non-hydrogen) atoms. The van der Waals surface area contributed by atoms with E-state index in [1.54, 1.807) is 0 Å². The maximum absolute atomic E-state index is 12.1. The van der Waals surface area contributed by atoms with Crippen molar-refractivity contribution in [3.8, 4) is 0 Å². The van der Waals surface area contributed by atoms with Crippen LogP contribution in [0.3, 0.4) is 0 Å². The van der Waals surface area contributed by atoms with Crippen LogP contribution in [0.5, 0.6) is 0 Å². The fraction of sp³-hybridized carbons (Fsp3) is 0.364. The lowest BCUT2D eigenvalue weighted by atomic mass is 9.81. The van der Waals surface area contributed by atoms with Crippen molar-refractivity contribution >= 4 is 11.7 Å². The summed E-state index contributed by atoms with van der Waals surface area (Å²) in [6.45, 7) is 0. The van der Waals surface area contributed by atoms with Crippen molar-refractivity contribution in [2.75, 3.05) is 0 Å². The molecule has 4 rings (SSSR count). The minimum atomic E-state index is -0.447. The summed E-state index contributed by atoms with van der Waals surface area (Å²) >= 11 is 0. The van der Waals surface area contributed by atoms with Gasteiger partial charge < -0.3 is 4.74 Å². The summed E-state index contributed by atoms with van der Waals surface area (Å²) in [5, 5.41) is 0. The lowest BCUT2D eigenvalue weighted by Crippen LogP contribution is -2.38. The van der Waals surface area contributed by atoms with E-state index in [9.17, 15) is 4.79 Å². The smallest absolute Gasteiger partial charge is 0.312 e. The zero-order valence-corrected chi connectivity index (χ0v) is 14.4. The first-order chi connectivity index (χ1) is 12.3. The van der Waals surface area contributed by atoms with Gasteiger partial charge in [0.2, 0.25) is 0 Å². The van der Waals surface area contributed by atoms with Crippen LogP contribution in [0.2, 0.25) is 0 Å². The van der Waals surface area contributed by atoms with Crippen LogP contribution in [0, 0.1) is 0 Å². The zero-order chi connectivity index (χ0) is 17.1. The Morgan fingerprint density at radius 3 is 1.96 bits per heavy atom.